The van der Waals surface area contributed by atoms with E-state index in [1.54, 1.807) is 20.8 Å². The Bertz CT molecular complexity index is 962. The average Bonchev–Trinajstić information content (AvgIpc) is 3.00. The van der Waals surface area contributed by atoms with Crippen molar-refractivity contribution in [1.29, 1.82) is 0 Å². The van der Waals surface area contributed by atoms with Crippen molar-refractivity contribution < 1.29 is 33.4 Å². The van der Waals surface area contributed by atoms with E-state index < -0.39 is 23.8 Å². The number of esters is 3. The molecule has 0 atom stereocenters. The maximum absolute atomic E-state index is 13.0. The largest absolute Gasteiger partial charge is 0.422 e. The van der Waals surface area contributed by atoms with Crippen molar-refractivity contribution in [2.24, 2.45) is 5.73 Å². The van der Waals surface area contributed by atoms with Crippen LogP contribution in [0.4, 0.5) is 0 Å². The van der Waals surface area contributed by atoms with Gasteiger partial charge in [0.05, 0.1) is 0 Å². The summed E-state index contributed by atoms with van der Waals surface area (Å²) in [6, 6.07) is 2.59. The smallest absolute Gasteiger partial charge is 0.311 e. The van der Waals surface area contributed by atoms with Gasteiger partial charge in [0.25, 0.3) is 5.91 Å². The van der Waals surface area contributed by atoms with Crippen LogP contribution in [0.1, 0.15) is 63.7 Å². The van der Waals surface area contributed by atoms with Gasteiger partial charge in [-0.3, -0.25) is 24.1 Å². The van der Waals surface area contributed by atoms with E-state index in [1.807, 2.05) is 7.05 Å². The Morgan fingerprint density at radius 2 is 1.23 bits per heavy atom. The molecule has 0 aliphatic carbocycles. The third kappa shape index (κ3) is 15.3. The van der Waals surface area contributed by atoms with Crippen LogP contribution in [-0.2, 0) is 14.4 Å². The SMILES string of the molecule is CCCN(CCN)CCN(CCNC)CCNCCNC(=O)c1cc(OC(=O)CC)c(OC(=O)CC)c(OC(=O)CC)c1. The fraction of sp³-hybridized carbons (Fsp3) is 0.667. The predicted molar refractivity (Wildman–Crippen MR) is 166 cm³/mol. The second-order valence-corrected chi connectivity index (χ2v) is 9.87. The van der Waals surface area contributed by atoms with Gasteiger partial charge in [0.15, 0.2) is 11.5 Å². The zero-order valence-corrected chi connectivity index (χ0v) is 26.6. The first-order chi connectivity index (χ1) is 20.7. The number of nitrogens with two attached hydrogens (primary N) is 1. The van der Waals surface area contributed by atoms with Crippen molar-refractivity contribution in [2.45, 2.75) is 53.4 Å². The summed E-state index contributed by atoms with van der Waals surface area (Å²) >= 11 is 0. The Morgan fingerprint density at radius 3 is 1.74 bits per heavy atom. The summed E-state index contributed by atoms with van der Waals surface area (Å²) < 4.78 is 16.0. The first-order valence-electron chi connectivity index (χ1n) is 15.3. The quantitative estimate of drug-likeness (QED) is 0.0797. The molecule has 5 N–H and O–H groups in total. The van der Waals surface area contributed by atoms with Gasteiger partial charge >= 0.3 is 17.9 Å². The van der Waals surface area contributed by atoms with E-state index in [1.165, 1.54) is 12.1 Å². The topological polar surface area (TPSA) is 165 Å². The summed E-state index contributed by atoms with van der Waals surface area (Å²) in [4.78, 5) is 54.0. The predicted octanol–water partition coefficient (Wildman–Crippen LogP) is 1.14. The third-order valence-electron chi connectivity index (χ3n) is 6.40. The molecule has 0 aliphatic heterocycles. The summed E-state index contributed by atoms with van der Waals surface area (Å²) in [7, 11) is 1.94. The molecule has 1 amide bonds. The fourth-order valence-corrected chi connectivity index (χ4v) is 3.99. The number of carbonyl (C=O) groups excluding carboxylic acids is 4. The minimum Gasteiger partial charge on any atom is -0.422 e. The number of ether oxygens (including phenoxy) is 3. The molecule has 0 spiro atoms. The van der Waals surface area contributed by atoms with Gasteiger partial charge in [0.1, 0.15) is 0 Å². The molecular formula is C30H52N6O7. The third-order valence-corrected chi connectivity index (χ3v) is 6.40. The van der Waals surface area contributed by atoms with Crippen molar-refractivity contribution in [1.82, 2.24) is 25.8 Å². The Balaban J connectivity index is 2.83. The number of amides is 1. The van der Waals surface area contributed by atoms with Crippen LogP contribution in [-0.4, -0.2) is 113 Å². The highest BCUT2D eigenvalue weighted by Crippen LogP contribution is 2.40. The maximum atomic E-state index is 13.0. The first kappa shape index (κ1) is 37.9. The van der Waals surface area contributed by atoms with Crippen LogP contribution in [0, 0.1) is 0 Å². The van der Waals surface area contributed by atoms with E-state index in [0.717, 1.165) is 58.8 Å². The number of carbonyl (C=O) groups is 4. The molecule has 0 aromatic heterocycles. The number of rotatable bonds is 23. The summed E-state index contributed by atoms with van der Waals surface area (Å²) in [6.07, 6.45) is 1.22. The van der Waals surface area contributed by atoms with Crippen molar-refractivity contribution in [3.8, 4) is 17.2 Å². The van der Waals surface area contributed by atoms with E-state index in [9.17, 15) is 19.2 Å². The van der Waals surface area contributed by atoms with E-state index in [4.69, 9.17) is 19.9 Å². The Labute approximate surface area is 256 Å². The van der Waals surface area contributed by atoms with Gasteiger partial charge in [0, 0.05) is 90.3 Å². The highest BCUT2D eigenvalue weighted by molar-refractivity contribution is 5.96. The molecule has 0 saturated carbocycles. The molecular weight excluding hydrogens is 556 g/mol. The lowest BCUT2D eigenvalue weighted by atomic mass is 10.1. The summed E-state index contributed by atoms with van der Waals surface area (Å²) in [5.41, 5.74) is 5.85. The summed E-state index contributed by atoms with van der Waals surface area (Å²) in [5.74, 6) is -2.88. The lowest BCUT2D eigenvalue weighted by molar-refractivity contribution is -0.137. The molecule has 0 heterocycles. The number of likely N-dealkylation sites (N-methyl/N-ethyl adjacent to an activating group) is 1. The molecule has 0 aliphatic rings. The molecule has 0 saturated heterocycles. The standard InChI is InChI=1S/C30H52N6O7/c1-6-15-35(16-10-31)19-20-36(17-13-32-5)18-14-33-11-12-34-30(40)23-21-24(41-26(37)7-2)29(43-28(39)9-4)25(22-23)42-27(38)8-3/h21-22,32-33H,6-20,31H2,1-5H3,(H,34,40). The van der Waals surface area contributed by atoms with Crippen LogP contribution in [0.15, 0.2) is 12.1 Å². The van der Waals surface area contributed by atoms with Crippen LogP contribution in [0.3, 0.4) is 0 Å². The second-order valence-electron chi connectivity index (χ2n) is 9.87. The molecule has 13 heteroatoms. The molecule has 1 aromatic carbocycles. The number of hydrogen-bond donors (Lipinski definition) is 4. The lowest BCUT2D eigenvalue weighted by Crippen LogP contribution is -2.43. The van der Waals surface area contributed by atoms with Gasteiger partial charge in [-0.25, -0.2) is 0 Å². The van der Waals surface area contributed by atoms with E-state index in [2.05, 4.69) is 32.7 Å². The molecule has 0 fully saturated rings. The Kier molecular flexibility index (Phi) is 19.8. The number of hydrogen-bond acceptors (Lipinski definition) is 12. The van der Waals surface area contributed by atoms with Gasteiger partial charge in [0.2, 0.25) is 5.75 Å². The van der Waals surface area contributed by atoms with E-state index >= 15 is 0 Å². The van der Waals surface area contributed by atoms with Crippen LogP contribution < -0.4 is 35.9 Å². The van der Waals surface area contributed by atoms with Gasteiger partial charge < -0.3 is 40.8 Å². The number of benzene rings is 1. The van der Waals surface area contributed by atoms with E-state index in [-0.39, 0.29) is 42.1 Å². The average molecular weight is 609 g/mol. The van der Waals surface area contributed by atoms with Crippen LogP contribution >= 0.6 is 0 Å². The zero-order valence-electron chi connectivity index (χ0n) is 26.6. The van der Waals surface area contributed by atoms with Crippen molar-refractivity contribution in [3.63, 3.8) is 0 Å². The molecule has 13 nitrogen and oxygen atoms in total. The van der Waals surface area contributed by atoms with Crippen LogP contribution in [0.25, 0.3) is 0 Å². The molecule has 1 aromatic rings. The molecule has 1 rings (SSSR count). The Hall–Kier alpha value is -3.10. The highest BCUT2D eigenvalue weighted by atomic mass is 16.6. The Morgan fingerprint density at radius 1 is 0.698 bits per heavy atom. The highest BCUT2D eigenvalue weighted by Gasteiger charge is 2.23. The molecule has 0 bridgehead atoms. The fourth-order valence-electron chi connectivity index (χ4n) is 3.99. The van der Waals surface area contributed by atoms with E-state index in [0.29, 0.717) is 19.6 Å². The summed E-state index contributed by atoms with van der Waals surface area (Å²) in [6.45, 7) is 15.7. The lowest BCUT2D eigenvalue weighted by Gasteiger charge is -2.27. The minimum absolute atomic E-state index is 0.0381. The monoisotopic (exact) mass is 608 g/mol. The zero-order chi connectivity index (χ0) is 32.0. The second kappa shape index (κ2) is 22.4. The maximum Gasteiger partial charge on any atom is 0.311 e. The van der Waals surface area contributed by atoms with Gasteiger partial charge in [-0.05, 0) is 32.1 Å². The minimum atomic E-state index is -0.621. The molecule has 0 unspecified atom stereocenters. The van der Waals surface area contributed by atoms with Crippen LogP contribution in [0.2, 0.25) is 0 Å². The van der Waals surface area contributed by atoms with Crippen molar-refractivity contribution in [3.05, 3.63) is 17.7 Å². The number of nitrogens with one attached hydrogen (secondary N) is 3. The number of nitrogens with zero attached hydrogens (tertiary/aromatic N) is 2. The molecule has 43 heavy (non-hydrogen) atoms. The van der Waals surface area contributed by atoms with Gasteiger partial charge in [-0.1, -0.05) is 27.7 Å². The normalized spacial score (nSPS) is 11.1. The molecule has 244 valence electrons. The van der Waals surface area contributed by atoms with Crippen molar-refractivity contribution >= 4 is 23.8 Å². The van der Waals surface area contributed by atoms with Gasteiger partial charge in [-0.2, -0.15) is 0 Å². The first-order valence-corrected chi connectivity index (χ1v) is 15.3. The van der Waals surface area contributed by atoms with Gasteiger partial charge in [-0.15, -0.1) is 0 Å². The van der Waals surface area contributed by atoms with Crippen LogP contribution in [0.5, 0.6) is 17.2 Å². The summed E-state index contributed by atoms with van der Waals surface area (Å²) in [5, 5.41) is 9.38. The van der Waals surface area contributed by atoms with Crippen molar-refractivity contribution in [2.75, 3.05) is 79.0 Å². The molecule has 0 radical (unpaired) electrons.